The second-order valence-electron chi connectivity index (χ2n) is 9.23. The number of nitrogens with two attached hydrogens (primary N) is 1. The molecule has 6 rings (SSSR count). The lowest BCUT2D eigenvalue weighted by Gasteiger charge is -2.21. The topological polar surface area (TPSA) is 161 Å². The normalized spacial score (nSPS) is 26.9. The number of fused-ring (bicyclic) bond motifs is 2. The molecule has 0 spiro atoms. The van der Waals surface area contributed by atoms with Gasteiger partial charge in [-0.2, -0.15) is 0 Å². The quantitative estimate of drug-likeness (QED) is 0.381. The molecule has 176 valence electrons. The van der Waals surface area contributed by atoms with E-state index in [4.69, 9.17) is 46.3 Å². The fourth-order valence-corrected chi connectivity index (χ4v) is 5.61. The van der Waals surface area contributed by atoms with Crippen molar-refractivity contribution in [3.05, 3.63) is 22.5 Å². The van der Waals surface area contributed by atoms with Gasteiger partial charge in [-0.25, -0.2) is 9.59 Å². The van der Waals surface area contributed by atoms with Crippen LogP contribution in [0.3, 0.4) is 0 Å². The van der Waals surface area contributed by atoms with Gasteiger partial charge >= 0.3 is 11.9 Å². The number of nitrogens with zero attached hydrogens (tertiary/aromatic N) is 2. The smallest absolute Gasteiger partial charge is 0.414 e. The molecule has 10 nitrogen and oxygen atoms in total. The third-order valence-electron chi connectivity index (χ3n) is 7.14. The Morgan fingerprint density at radius 3 is 2.73 bits per heavy atom. The van der Waals surface area contributed by atoms with Crippen LogP contribution in [0.1, 0.15) is 43.1 Å². The van der Waals surface area contributed by atoms with Crippen LogP contribution < -0.4 is 15.8 Å². The van der Waals surface area contributed by atoms with Gasteiger partial charge in [0.15, 0.2) is 0 Å². The summed E-state index contributed by atoms with van der Waals surface area (Å²) in [5.41, 5.74) is 8.82. The van der Waals surface area contributed by atoms with Gasteiger partial charge in [-0.15, -0.1) is 10.2 Å². The Morgan fingerprint density at radius 1 is 1.27 bits per heavy atom. The van der Waals surface area contributed by atoms with Crippen LogP contribution in [0.4, 0.5) is 5.69 Å². The lowest BCUT2D eigenvalue weighted by atomic mass is 9.96. The SMILES string of the molecule is Nc1c(Cl)cc(-c2nnc(C3C4CNCC43CC3CC3)o2)c2c1CCCO2.O=C(O)C(=O)O. The van der Waals surface area contributed by atoms with Crippen molar-refractivity contribution in [1.29, 1.82) is 0 Å². The largest absolute Gasteiger partial charge is 0.492 e. The van der Waals surface area contributed by atoms with Gasteiger partial charge in [0.1, 0.15) is 5.75 Å². The van der Waals surface area contributed by atoms with Crippen molar-refractivity contribution in [3.63, 3.8) is 0 Å². The maximum Gasteiger partial charge on any atom is 0.414 e. The predicted molar refractivity (Wildman–Crippen MR) is 117 cm³/mol. The summed E-state index contributed by atoms with van der Waals surface area (Å²) in [6.45, 7) is 2.80. The fourth-order valence-electron chi connectivity index (χ4n) is 5.39. The highest BCUT2D eigenvalue weighted by Crippen LogP contribution is 2.70. The van der Waals surface area contributed by atoms with Crippen LogP contribution in [0.5, 0.6) is 5.75 Å². The molecule has 0 bridgehead atoms. The van der Waals surface area contributed by atoms with E-state index in [0.29, 0.717) is 40.5 Å². The number of carbonyl (C=O) groups is 2. The number of anilines is 1. The molecule has 2 saturated carbocycles. The van der Waals surface area contributed by atoms with Gasteiger partial charge in [0.25, 0.3) is 5.89 Å². The minimum atomic E-state index is -1.82. The maximum atomic E-state index is 9.10. The zero-order valence-corrected chi connectivity index (χ0v) is 18.6. The number of carboxylic acid groups (broad SMARTS) is 2. The molecule has 0 amide bonds. The molecule has 3 fully saturated rings. The lowest BCUT2D eigenvalue weighted by Crippen LogP contribution is -2.20. The fraction of sp³-hybridized carbons (Fsp3) is 0.545. The molecule has 11 heteroatoms. The first-order valence-electron chi connectivity index (χ1n) is 11.1. The van der Waals surface area contributed by atoms with E-state index in [0.717, 1.165) is 54.6 Å². The number of nitrogen functional groups attached to an aromatic ring is 1. The third kappa shape index (κ3) is 3.91. The molecule has 33 heavy (non-hydrogen) atoms. The van der Waals surface area contributed by atoms with Crippen LogP contribution in [0, 0.1) is 17.3 Å². The summed E-state index contributed by atoms with van der Waals surface area (Å²) in [7, 11) is 0. The molecular formula is C22H25ClN4O6. The number of benzene rings is 1. The summed E-state index contributed by atoms with van der Waals surface area (Å²) >= 11 is 6.37. The number of hydrogen-bond acceptors (Lipinski definition) is 8. The molecule has 1 aromatic heterocycles. The number of halogens is 1. The summed E-state index contributed by atoms with van der Waals surface area (Å²) in [5.74, 6) is 0.289. The number of hydrogen-bond donors (Lipinski definition) is 4. The highest BCUT2D eigenvalue weighted by atomic mass is 35.5. The first-order valence-corrected chi connectivity index (χ1v) is 11.4. The summed E-state index contributed by atoms with van der Waals surface area (Å²) < 4.78 is 12.1. The van der Waals surface area contributed by atoms with Gasteiger partial charge in [-0.3, -0.25) is 0 Å². The summed E-state index contributed by atoms with van der Waals surface area (Å²) in [6.07, 6.45) is 5.84. The van der Waals surface area contributed by atoms with Crippen molar-refractivity contribution in [1.82, 2.24) is 15.5 Å². The molecule has 1 aromatic carbocycles. The van der Waals surface area contributed by atoms with Crippen LogP contribution in [-0.4, -0.2) is 52.0 Å². The van der Waals surface area contributed by atoms with Gasteiger partial charge < -0.3 is 30.4 Å². The lowest BCUT2D eigenvalue weighted by molar-refractivity contribution is -0.159. The molecule has 2 aliphatic carbocycles. The molecule has 2 aliphatic heterocycles. The van der Waals surface area contributed by atoms with E-state index in [-0.39, 0.29) is 0 Å². The molecule has 2 aromatic rings. The van der Waals surface area contributed by atoms with Crippen LogP contribution >= 0.6 is 11.6 Å². The standard InChI is InChI=1S/C20H23ClN4O2.C2H2O4/c21-14-6-12(17-11(16(14)22)2-1-5-26-17)18-24-25-19(27-18)15-13-8-23-9-20(13,15)7-10-3-4-10;3-1(4)2(5)6/h6,10,13,15,23H,1-5,7-9,22H2;(H,3,4)(H,5,6). The number of aromatic nitrogens is 2. The Kier molecular flexibility index (Phi) is 5.44. The number of piperidine rings is 1. The van der Waals surface area contributed by atoms with Gasteiger partial charge in [0.2, 0.25) is 5.89 Å². The van der Waals surface area contributed by atoms with Crippen molar-refractivity contribution in [3.8, 4) is 17.2 Å². The monoisotopic (exact) mass is 476 g/mol. The van der Waals surface area contributed by atoms with Crippen LogP contribution in [-0.2, 0) is 16.0 Å². The zero-order valence-electron chi connectivity index (χ0n) is 17.8. The Hall–Kier alpha value is -2.85. The second-order valence-corrected chi connectivity index (χ2v) is 9.64. The maximum absolute atomic E-state index is 9.10. The van der Waals surface area contributed by atoms with Crippen molar-refractivity contribution in [2.24, 2.45) is 17.3 Å². The van der Waals surface area contributed by atoms with Gasteiger partial charge in [0.05, 0.1) is 22.9 Å². The Morgan fingerprint density at radius 2 is 2.03 bits per heavy atom. The van der Waals surface area contributed by atoms with E-state index in [1.807, 2.05) is 0 Å². The predicted octanol–water partition coefficient (Wildman–Crippen LogP) is 2.56. The van der Waals surface area contributed by atoms with Crippen molar-refractivity contribution in [2.45, 2.75) is 38.0 Å². The number of aliphatic carboxylic acids is 2. The minimum Gasteiger partial charge on any atom is -0.492 e. The molecule has 5 N–H and O–H groups in total. The molecule has 3 atom stereocenters. The second kappa shape index (κ2) is 8.18. The highest BCUT2D eigenvalue weighted by molar-refractivity contribution is 6.33. The van der Waals surface area contributed by atoms with E-state index < -0.39 is 11.9 Å². The first-order chi connectivity index (χ1) is 15.8. The average molecular weight is 477 g/mol. The van der Waals surface area contributed by atoms with Gasteiger partial charge in [-0.1, -0.05) is 24.4 Å². The molecule has 0 radical (unpaired) electrons. The molecule has 3 unspecified atom stereocenters. The Balaban J connectivity index is 0.000000340. The molecular weight excluding hydrogens is 452 g/mol. The van der Waals surface area contributed by atoms with E-state index in [9.17, 15) is 0 Å². The summed E-state index contributed by atoms with van der Waals surface area (Å²) in [5, 5.41) is 27.6. The van der Waals surface area contributed by atoms with Crippen molar-refractivity contribution < 1.29 is 29.0 Å². The molecule has 4 aliphatic rings. The first kappa shape index (κ1) is 22.0. The number of rotatable bonds is 4. The number of carboxylic acids is 2. The van der Waals surface area contributed by atoms with E-state index in [2.05, 4.69) is 15.5 Å². The van der Waals surface area contributed by atoms with E-state index >= 15 is 0 Å². The highest BCUT2D eigenvalue weighted by Gasteiger charge is 2.70. The summed E-state index contributed by atoms with van der Waals surface area (Å²) in [4.78, 5) is 18.2. The van der Waals surface area contributed by atoms with Gasteiger partial charge in [0, 0.05) is 18.0 Å². The van der Waals surface area contributed by atoms with Crippen molar-refractivity contribution >= 4 is 29.2 Å². The van der Waals surface area contributed by atoms with Gasteiger partial charge in [-0.05, 0) is 49.1 Å². The Labute approximate surface area is 194 Å². The third-order valence-corrected chi connectivity index (χ3v) is 7.46. The Bertz CT molecular complexity index is 1100. The number of ether oxygens (including phenoxy) is 1. The van der Waals surface area contributed by atoms with Crippen LogP contribution in [0.2, 0.25) is 5.02 Å². The average Bonchev–Trinajstić information content (AvgIpc) is 3.59. The minimum absolute atomic E-state index is 0.333. The van der Waals surface area contributed by atoms with E-state index in [1.165, 1.54) is 19.3 Å². The molecule has 1 saturated heterocycles. The summed E-state index contributed by atoms with van der Waals surface area (Å²) in [6, 6.07) is 1.80. The molecule has 3 heterocycles. The van der Waals surface area contributed by atoms with Crippen LogP contribution in [0.25, 0.3) is 11.5 Å². The van der Waals surface area contributed by atoms with Crippen LogP contribution in [0.15, 0.2) is 10.5 Å². The zero-order chi connectivity index (χ0) is 23.3. The van der Waals surface area contributed by atoms with Crippen molar-refractivity contribution in [2.75, 3.05) is 25.4 Å². The number of nitrogens with one attached hydrogen (secondary N) is 1. The van der Waals surface area contributed by atoms with E-state index in [1.54, 1.807) is 6.07 Å².